The Kier molecular flexibility index (Phi) is 4.24. The quantitative estimate of drug-likeness (QED) is 0.799. The van der Waals surface area contributed by atoms with Crippen molar-refractivity contribution in [1.29, 1.82) is 0 Å². The highest BCUT2D eigenvalue weighted by Crippen LogP contribution is 2.32. The van der Waals surface area contributed by atoms with Gasteiger partial charge >= 0.3 is 0 Å². The molecule has 0 spiro atoms. The van der Waals surface area contributed by atoms with E-state index in [9.17, 15) is 0 Å². The van der Waals surface area contributed by atoms with Gasteiger partial charge in [0.15, 0.2) is 11.5 Å². The van der Waals surface area contributed by atoms with E-state index in [1.165, 1.54) is 5.56 Å². The molecule has 0 aliphatic carbocycles. The Morgan fingerprint density at radius 1 is 1.28 bits per heavy atom. The number of hydrogen-bond donors (Lipinski definition) is 0. The van der Waals surface area contributed by atoms with Crippen LogP contribution in [0.2, 0.25) is 0 Å². The first-order valence-electron chi connectivity index (χ1n) is 6.65. The van der Waals surface area contributed by atoms with Gasteiger partial charge in [0, 0.05) is 6.21 Å². The summed E-state index contributed by atoms with van der Waals surface area (Å²) in [6, 6.07) is 4.54. The summed E-state index contributed by atoms with van der Waals surface area (Å²) in [4.78, 5) is 4.54. The fraction of sp³-hybridized carbons (Fsp3) is 0.533. The van der Waals surface area contributed by atoms with Crippen molar-refractivity contribution < 1.29 is 9.47 Å². The molecule has 0 N–H and O–H groups in total. The Balaban J connectivity index is 2.30. The van der Waals surface area contributed by atoms with Crippen molar-refractivity contribution in [2.24, 2.45) is 4.99 Å². The molecule has 1 aliphatic rings. The van der Waals surface area contributed by atoms with Crippen molar-refractivity contribution in [3.05, 3.63) is 23.3 Å². The zero-order chi connectivity index (χ0) is 13.0. The number of rotatable bonds is 5. The number of fused-ring (bicyclic) bond motifs is 1. The van der Waals surface area contributed by atoms with Gasteiger partial charge in [-0.1, -0.05) is 13.8 Å². The maximum atomic E-state index is 5.74. The van der Waals surface area contributed by atoms with E-state index in [0.717, 1.165) is 42.9 Å². The summed E-state index contributed by atoms with van der Waals surface area (Å²) in [5.74, 6) is 1.65. The third-order valence-corrected chi connectivity index (χ3v) is 3.24. The number of hydrogen-bond acceptors (Lipinski definition) is 3. The Morgan fingerprint density at radius 3 is 2.78 bits per heavy atom. The second-order valence-electron chi connectivity index (χ2n) is 4.59. The van der Waals surface area contributed by atoms with Gasteiger partial charge in [-0.15, -0.1) is 0 Å². The fourth-order valence-electron chi connectivity index (χ4n) is 2.14. The molecule has 0 saturated heterocycles. The van der Waals surface area contributed by atoms with Gasteiger partial charge in [-0.3, -0.25) is 4.99 Å². The largest absolute Gasteiger partial charge is 0.493 e. The number of benzene rings is 1. The molecule has 0 radical (unpaired) electrons. The Morgan fingerprint density at radius 2 is 2.11 bits per heavy atom. The van der Waals surface area contributed by atoms with Crippen molar-refractivity contribution in [2.45, 2.75) is 39.2 Å². The standard InChI is InChI=1S/C15H21NO2/c1-4-6-18-15-8-11-7-13(5-2)16-10-12(11)9-14(15)17-3/h8-10,13H,4-7H2,1-3H3/t13-/m1/s1. The van der Waals surface area contributed by atoms with E-state index in [1.54, 1.807) is 7.11 Å². The monoisotopic (exact) mass is 247 g/mol. The molecule has 1 aliphatic heterocycles. The summed E-state index contributed by atoms with van der Waals surface area (Å²) >= 11 is 0. The van der Waals surface area contributed by atoms with Crippen LogP contribution in [-0.2, 0) is 6.42 Å². The summed E-state index contributed by atoms with van der Waals surface area (Å²) in [5.41, 5.74) is 2.46. The third-order valence-electron chi connectivity index (χ3n) is 3.24. The molecule has 1 heterocycles. The van der Waals surface area contributed by atoms with Crippen LogP contribution in [0.1, 0.15) is 37.8 Å². The van der Waals surface area contributed by atoms with E-state index in [4.69, 9.17) is 9.47 Å². The van der Waals surface area contributed by atoms with Crippen LogP contribution >= 0.6 is 0 Å². The molecule has 3 nitrogen and oxygen atoms in total. The molecule has 0 fully saturated rings. The lowest BCUT2D eigenvalue weighted by molar-refractivity contribution is 0.294. The molecule has 0 aromatic heterocycles. The lowest BCUT2D eigenvalue weighted by atomic mass is 9.96. The molecule has 18 heavy (non-hydrogen) atoms. The maximum absolute atomic E-state index is 5.74. The zero-order valence-electron chi connectivity index (χ0n) is 11.4. The molecule has 0 amide bonds. The highest BCUT2D eigenvalue weighted by molar-refractivity contribution is 5.84. The average molecular weight is 247 g/mol. The lowest BCUT2D eigenvalue weighted by Crippen LogP contribution is -2.14. The van der Waals surface area contributed by atoms with E-state index in [1.807, 2.05) is 12.3 Å². The molecular weight excluding hydrogens is 226 g/mol. The van der Waals surface area contributed by atoms with E-state index in [2.05, 4.69) is 24.9 Å². The van der Waals surface area contributed by atoms with Crippen LogP contribution in [-0.4, -0.2) is 26.0 Å². The first-order valence-corrected chi connectivity index (χ1v) is 6.65. The smallest absolute Gasteiger partial charge is 0.161 e. The minimum absolute atomic E-state index is 0.407. The first kappa shape index (κ1) is 12.9. The zero-order valence-corrected chi connectivity index (χ0v) is 11.4. The lowest BCUT2D eigenvalue weighted by Gasteiger charge is -2.20. The molecular formula is C15H21NO2. The predicted octanol–water partition coefficient (Wildman–Crippen LogP) is 3.24. The third kappa shape index (κ3) is 2.66. The Bertz CT molecular complexity index is 440. The summed E-state index contributed by atoms with van der Waals surface area (Å²) in [7, 11) is 1.68. The molecule has 1 aromatic carbocycles. The molecule has 0 saturated carbocycles. The molecule has 1 atom stereocenters. The highest BCUT2D eigenvalue weighted by Gasteiger charge is 2.17. The second-order valence-corrected chi connectivity index (χ2v) is 4.59. The van der Waals surface area contributed by atoms with Crippen LogP contribution in [0.15, 0.2) is 17.1 Å². The highest BCUT2D eigenvalue weighted by atomic mass is 16.5. The van der Waals surface area contributed by atoms with Crippen molar-refractivity contribution in [2.75, 3.05) is 13.7 Å². The summed E-state index contributed by atoms with van der Waals surface area (Å²) in [5, 5.41) is 0. The van der Waals surface area contributed by atoms with Gasteiger partial charge in [-0.25, -0.2) is 0 Å². The van der Waals surface area contributed by atoms with Gasteiger partial charge < -0.3 is 9.47 Å². The van der Waals surface area contributed by atoms with Crippen LogP contribution < -0.4 is 9.47 Å². The minimum atomic E-state index is 0.407. The molecule has 98 valence electrons. The molecule has 0 bridgehead atoms. The first-order chi connectivity index (χ1) is 8.78. The van der Waals surface area contributed by atoms with Gasteiger partial charge in [0.25, 0.3) is 0 Å². The van der Waals surface area contributed by atoms with Crippen LogP contribution in [0.4, 0.5) is 0 Å². The number of aliphatic imine (C=N–C) groups is 1. The summed E-state index contributed by atoms with van der Waals surface area (Å²) < 4.78 is 11.1. The fourth-order valence-corrected chi connectivity index (χ4v) is 2.14. The summed E-state index contributed by atoms with van der Waals surface area (Å²) in [6.45, 7) is 5.00. The molecule has 0 unspecified atom stereocenters. The Labute approximate surface area is 109 Å². The minimum Gasteiger partial charge on any atom is -0.493 e. The SMILES string of the molecule is CCCOc1cc2c(cc1OC)C=N[C@H](CC)C2. The van der Waals surface area contributed by atoms with E-state index >= 15 is 0 Å². The van der Waals surface area contributed by atoms with Crippen molar-refractivity contribution in [1.82, 2.24) is 0 Å². The topological polar surface area (TPSA) is 30.8 Å². The maximum Gasteiger partial charge on any atom is 0.161 e. The van der Waals surface area contributed by atoms with Crippen molar-refractivity contribution in [3.8, 4) is 11.5 Å². The van der Waals surface area contributed by atoms with Gasteiger partial charge in [0.1, 0.15) is 0 Å². The van der Waals surface area contributed by atoms with Gasteiger partial charge in [-0.05, 0) is 42.5 Å². The second kappa shape index (κ2) is 5.89. The van der Waals surface area contributed by atoms with Gasteiger partial charge in [0.2, 0.25) is 0 Å². The molecule has 3 heteroatoms. The van der Waals surface area contributed by atoms with Crippen LogP contribution in [0.5, 0.6) is 11.5 Å². The van der Waals surface area contributed by atoms with Crippen LogP contribution in [0, 0.1) is 0 Å². The average Bonchev–Trinajstić information content (AvgIpc) is 2.43. The normalized spacial score (nSPS) is 17.4. The van der Waals surface area contributed by atoms with E-state index < -0.39 is 0 Å². The molecule has 1 aromatic rings. The predicted molar refractivity (Wildman–Crippen MR) is 74.2 cm³/mol. The van der Waals surface area contributed by atoms with E-state index in [-0.39, 0.29) is 0 Å². The Hall–Kier alpha value is -1.51. The molecule has 2 rings (SSSR count). The number of methoxy groups -OCH3 is 1. The van der Waals surface area contributed by atoms with Gasteiger partial charge in [0.05, 0.1) is 19.8 Å². The van der Waals surface area contributed by atoms with Crippen molar-refractivity contribution >= 4 is 6.21 Å². The van der Waals surface area contributed by atoms with E-state index in [0.29, 0.717) is 6.04 Å². The summed E-state index contributed by atoms with van der Waals surface area (Å²) in [6.07, 6.45) is 5.03. The number of ether oxygens (including phenoxy) is 2. The van der Waals surface area contributed by atoms with Crippen molar-refractivity contribution in [3.63, 3.8) is 0 Å². The number of nitrogens with zero attached hydrogens (tertiary/aromatic N) is 1. The van der Waals surface area contributed by atoms with Crippen LogP contribution in [0.3, 0.4) is 0 Å². The van der Waals surface area contributed by atoms with Gasteiger partial charge in [-0.2, -0.15) is 0 Å². The van der Waals surface area contributed by atoms with Crippen LogP contribution in [0.25, 0.3) is 0 Å².